The minimum Gasteiger partial charge on any atom is -0.487 e. The van der Waals surface area contributed by atoms with Crippen LogP contribution in [-0.2, 0) is 6.61 Å². The van der Waals surface area contributed by atoms with Crippen LogP contribution in [0.1, 0.15) is 5.56 Å². The molecule has 2 nitrogen and oxygen atoms in total. The molecule has 0 saturated heterocycles. The summed E-state index contributed by atoms with van der Waals surface area (Å²) in [6.07, 6.45) is 1.31. The van der Waals surface area contributed by atoms with E-state index in [0.717, 1.165) is 5.56 Å². The lowest BCUT2D eigenvalue weighted by molar-refractivity contribution is 0.304. The minimum absolute atomic E-state index is 0.257. The molecule has 0 amide bonds. The molecule has 0 atom stereocenters. The standard InChI is InChI=1S/C12H8Cl2FNO/c13-9-1-3-11(14)8(5-9)7-17-10-2-4-12(15)16-6-10/h1-6H,7H2. The SMILES string of the molecule is Fc1ccc(OCc2cc(Cl)ccc2Cl)cn1. The first-order valence-corrected chi connectivity index (χ1v) is 5.59. The molecule has 88 valence electrons. The van der Waals surface area contributed by atoms with E-state index in [4.69, 9.17) is 27.9 Å². The highest BCUT2D eigenvalue weighted by Crippen LogP contribution is 2.22. The number of hydrogen-bond acceptors (Lipinski definition) is 2. The topological polar surface area (TPSA) is 22.1 Å². The smallest absolute Gasteiger partial charge is 0.213 e. The summed E-state index contributed by atoms with van der Waals surface area (Å²) in [5, 5.41) is 1.16. The van der Waals surface area contributed by atoms with E-state index in [2.05, 4.69) is 4.98 Å². The van der Waals surface area contributed by atoms with Crippen molar-refractivity contribution in [3.05, 3.63) is 58.1 Å². The van der Waals surface area contributed by atoms with E-state index in [-0.39, 0.29) is 6.61 Å². The highest BCUT2D eigenvalue weighted by atomic mass is 35.5. The van der Waals surface area contributed by atoms with Crippen molar-refractivity contribution in [2.24, 2.45) is 0 Å². The Balaban J connectivity index is 2.07. The van der Waals surface area contributed by atoms with E-state index < -0.39 is 5.95 Å². The second-order valence-electron chi connectivity index (χ2n) is 3.34. The summed E-state index contributed by atoms with van der Waals surface area (Å²) < 4.78 is 18.0. The Hall–Kier alpha value is -1.32. The average molecular weight is 272 g/mol. The van der Waals surface area contributed by atoms with Crippen LogP contribution < -0.4 is 4.74 Å². The summed E-state index contributed by atoms with van der Waals surface area (Å²) in [5.74, 6) is -0.0689. The largest absolute Gasteiger partial charge is 0.487 e. The van der Waals surface area contributed by atoms with Crippen molar-refractivity contribution in [2.75, 3.05) is 0 Å². The normalized spacial score (nSPS) is 10.3. The van der Waals surface area contributed by atoms with Gasteiger partial charge in [0.1, 0.15) is 12.4 Å². The van der Waals surface area contributed by atoms with Crippen LogP contribution in [0.4, 0.5) is 4.39 Å². The fraction of sp³-hybridized carbons (Fsp3) is 0.0833. The Morgan fingerprint density at radius 3 is 2.71 bits per heavy atom. The monoisotopic (exact) mass is 271 g/mol. The van der Waals surface area contributed by atoms with Gasteiger partial charge in [0, 0.05) is 15.6 Å². The third-order valence-electron chi connectivity index (χ3n) is 2.10. The lowest BCUT2D eigenvalue weighted by Crippen LogP contribution is -1.97. The Bertz CT molecular complexity index is 516. The predicted molar refractivity (Wildman–Crippen MR) is 65.0 cm³/mol. The second kappa shape index (κ2) is 5.34. The van der Waals surface area contributed by atoms with Crippen molar-refractivity contribution >= 4 is 23.2 Å². The Kier molecular flexibility index (Phi) is 3.82. The lowest BCUT2D eigenvalue weighted by Gasteiger charge is -2.07. The van der Waals surface area contributed by atoms with E-state index in [1.165, 1.54) is 18.3 Å². The van der Waals surface area contributed by atoms with Gasteiger partial charge in [0.25, 0.3) is 0 Å². The summed E-state index contributed by atoms with van der Waals surface area (Å²) in [7, 11) is 0. The molecule has 0 N–H and O–H groups in total. The Labute approximate surface area is 108 Å². The molecule has 0 aliphatic rings. The molecular formula is C12H8Cl2FNO. The van der Waals surface area contributed by atoms with Gasteiger partial charge in [-0.05, 0) is 30.3 Å². The van der Waals surface area contributed by atoms with Gasteiger partial charge in [0.2, 0.25) is 5.95 Å². The van der Waals surface area contributed by atoms with Crippen molar-refractivity contribution in [3.8, 4) is 5.75 Å². The highest BCUT2D eigenvalue weighted by Gasteiger charge is 2.03. The first kappa shape index (κ1) is 12.1. The van der Waals surface area contributed by atoms with Gasteiger partial charge in [-0.1, -0.05) is 23.2 Å². The van der Waals surface area contributed by atoms with E-state index in [0.29, 0.717) is 15.8 Å². The number of rotatable bonds is 3. The maximum absolute atomic E-state index is 12.6. The molecule has 0 aliphatic heterocycles. The van der Waals surface area contributed by atoms with Crippen molar-refractivity contribution in [1.82, 2.24) is 4.98 Å². The molecule has 1 aromatic heterocycles. The molecule has 1 heterocycles. The summed E-state index contributed by atoms with van der Waals surface area (Å²) in [6, 6.07) is 7.86. The number of benzene rings is 1. The van der Waals surface area contributed by atoms with Gasteiger partial charge in [-0.25, -0.2) is 4.98 Å². The number of aromatic nitrogens is 1. The van der Waals surface area contributed by atoms with Crippen LogP contribution in [0.2, 0.25) is 10.0 Å². The van der Waals surface area contributed by atoms with Gasteiger partial charge in [0.15, 0.2) is 0 Å². The van der Waals surface area contributed by atoms with Crippen molar-refractivity contribution < 1.29 is 9.13 Å². The molecule has 2 rings (SSSR count). The fourth-order valence-electron chi connectivity index (χ4n) is 1.26. The summed E-state index contributed by atoms with van der Waals surface area (Å²) in [6.45, 7) is 0.257. The Morgan fingerprint density at radius 2 is 2.00 bits per heavy atom. The van der Waals surface area contributed by atoms with E-state index >= 15 is 0 Å². The number of pyridine rings is 1. The van der Waals surface area contributed by atoms with Gasteiger partial charge in [-0.2, -0.15) is 4.39 Å². The zero-order valence-electron chi connectivity index (χ0n) is 8.66. The van der Waals surface area contributed by atoms with Gasteiger partial charge in [0.05, 0.1) is 6.20 Å². The summed E-state index contributed by atoms with van der Waals surface area (Å²) >= 11 is 11.8. The van der Waals surface area contributed by atoms with Gasteiger partial charge in [-0.3, -0.25) is 0 Å². The van der Waals surface area contributed by atoms with Gasteiger partial charge < -0.3 is 4.74 Å². The molecule has 0 saturated carbocycles. The minimum atomic E-state index is -0.543. The quantitative estimate of drug-likeness (QED) is 0.784. The average Bonchev–Trinajstić information content (AvgIpc) is 2.32. The first-order valence-electron chi connectivity index (χ1n) is 4.83. The van der Waals surface area contributed by atoms with Crippen molar-refractivity contribution in [2.45, 2.75) is 6.61 Å². The number of nitrogens with zero attached hydrogens (tertiary/aromatic N) is 1. The Morgan fingerprint density at radius 1 is 1.18 bits per heavy atom. The molecule has 1 aromatic carbocycles. The van der Waals surface area contributed by atoms with Crippen LogP contribution in [0.15, 0.2) is 36.5 Å². The molecule has 5 heteroatoms. The van der Waals surface area contributed by atoms with Crippen LogP contribution in [0.25, 0.3) is 0 Å². The van der Waals surface area contributed by atoms with Crippen LogP contribution >= 0.6 is 23.2 Å². The molecule has 2 aromatic rings. The van der Waals surface area contributed by atoms with Gasteiger partial charge in [-0.15, -0.1) is 0 Å². The van der Waals surface area contributed by atoms with Crippen molar-refractivity contribution in [3.63, 3.8) is 0 Å². The van der Waals surface area contributed by atoms with E-state index in [1.807, 2.05) is 0 Å². The van der Waals surface area contributed by atoms with Crippen LogP contribution in [0.3, 0.4) is 0 Å². The summed E-state index contributed by atoms with van der Waals surface area (Å²) in [5.41, 5.74) is 0.767. The number of hydrogen-bond donors (Lipinski definition) is 0. The van der Waals surface area contributed by atoms with Crippen LogP contribution in [0, 0.1) is 5.95 Å². The fourth-order valence-corrected chi connectivity index (χ4v) is 1.63. The van der Waals surface area contributed by atoms with Crippen LogP contribution in [-0.4, -0.2) is 4.98 Å². The molecule has 17 heavy (non-hydrogen) atoms. The number of halogens is 3. The highest BCUT2D eigenvalue weighted by molar-refractivity contribution is 6.33. The summed E-state index contributed by atoms with van der Waals surface area (Å²) in [4.78, 5) is 3.48. The maximum Gasteiger partial charge on any atom is 0.213 e. The second-order valence-corrected chi connectivity index (χ2v) is 4.18. The van der Waals surface area contributed by atoms with Crippen LogP contribution in [0.5, 0.6) is 5.75 Å². The molecule has 0 spiro atoms. The molecule has 0 unspecified atom stereocenters. The zero-order chi connectivity index (χ0) is 12.3. The zero-order valence-corrected chi connectivity index (χ0v) is 10.2. The number of ether oxygens (including phenoxy) is 1. The third-order valence-corrected chi connectivity index (χ3v) is 2.71. The third kappa shape index (κ3) is 3.32. The molecule has 0 radical (unpaired) electrons. The predicted octanol–water partition coefficient (Wildman–Crippen LogP) is 4.11. The van der Waals surface area contributed by atoms with E-state index in [9.17, 15) is 4.39 Å². The first-order chi connectivity index (χ1) is 8.15. The van der Waals surface area contributed by atoms with Crippen molar-refractivity contribution in [1.29, 1.82) is 0 Å². The maximum atomic E-state index is 12.6. The van der Waals surface area contributed by atoms with E-state index in [1.54, 1.807) is 18.2 Å². The molecule has 0 fully saturated rings. The van der Waals surface area contributed by atoms with Gasteiger partial charge >= 0.3 is 0 Å². The molecule has 0 bridgehead atoms. The lowest BCUT2D eigenvalue weighted by atomic mass is 10.2. The molecule has 0 aliphatic carbocycles. The molecular weight excluding hydrogens is 264 g/mol.